The summed E-state index contributed by atoms with van der Waals surface area (Å²) in [7, 11) is 2.20. The van der Waals surface area contributed by atoms with Crippen molar-refractivity contribution in [2.45, 2.75) is 26.7 Å². The fourth-order valence-electron chi connectivity index (χ4n) is 2.64. The van der Waals surface area contributed by atoms with Gasteiger partial charge in [0.1, 0.15) is 5.75 Å². The lowest BCUT2D eigenvalue weighted by molar-refractivity contribution is 0.150. The number of likely N-dealkylation sites (tertiary alicyclic amines) is 1. The lowest BCUT2D eigenvalue weighted by atomic mass is 9.99. The molecule has 0 radical (unpaired) electrons. The summed E-state index contributed by atoms with van der Waals surface area (Å²) >= 11 is 0. The molecule has 0 aliphatic carbocycles. The minimum Gasteiger partial charge on any atom is -0.493 e. The highest BCUT2D eigenvalue weighted by atomic mass is 16.5. The van der Waals surface area contributed by atoms with Gasteiger partial charge in [-0.1, -0.05) is 6.07 Å². The predicted molar refractivity (Wildman–Crippen MR) is 71.6 cm³/mol. The standard InChI is InChI=1S/C15H23NO/c1-12-7-13(2)9-15(8-12)17-11-14-5-4-6-16(3)10-14/h7-9,14H,4-6,10-11H2,1-3H3. The zero-order chi connectivity index (χ0) is 12.3. The summed E-state index contributed by atoms with van der Waals surface area (Å²) in [5.41, 5.74) is 2.56. The normalized spacial score (nSPS) is 21.5. The minimum absolute atomic E-state index is 0.689. The van der Waals surface area contributed by atoms with Gasteiger partial charge in [0.25, 0.3) is 0 Å². The van der Waals surface area contributed by atoms with Crippen LogP contribution in [-0.2, 0) is 0 Å². The second kappa shape index (κ2) is 5.54. The smallest absolute Gasteiger partial charge is 0.119 e. The molecule has 0 spiro atoms. The average Bonchev–Trinajstić information content (AvgIpc) is 2.25. The molecule has 0 amide bonds. The lowest BCUT2D eigenvalue weighted by Crippen LogP contribution is -2.34. The fourth-order valence-corrected chi connectivity index (χ4v) is 2.64. The molecule has 0 aromatic heterocycles. The molecule has 2 heteroatoms. The molecule has 1 atom stereocenters. The average molecular weight is 233 g/mol. The van der Waals surface area contributed by atoms with Crippen molar-refractivity contribution in [2.75, 3.05) is 26.7 Å². The number of benzene rings is 1. The SMILES string of the molecule is Cc1cc(C)cc(OCC2CCCN(C)C2)c1. The Labute approximate surface area is 105 Å². The van der Waals surface area contributed by atoms with Crippen molar-refractivity contribution in [3.63, 3.8) is 0 Å². The molecule has 17 heavy (non-hydrogen) atoms. The van der Waals surface area contributed by atoms with E-state index in [9.17, 15) is 0 Å². The van der Waals surface area contributed by atoms with E-state index in [4.69, 9.17) is 4.74 Å². The summed E-state index contributed by atoms with van der Waals surface area (Å²) in [5.74, 6) is 1.71. The van der Waals surface area contributed by atoms with E-state index >= 15 is 0 Å². The molecule has 0 saturated carbocycles. The highest BCUT2D eigenvalue weighted by Crippen LogP contribution is 2.20. The van der Waals surface area contributed by atoms with Crippen molar-refractivity contribution in [3.05, 3.63) is 29.3 Å². The number of aryl methyl sites for hydroxylation is 2. The van der Waals surface area contributed by atoms with E-state index in [-0.39, 0.29) is 0 Å². The Balaban J connectivity index is 1.88. The molecule has 0 bridgehead atoms. The number of nitrogens with zero attached hydrogens (tertiary/aromatic N) is 1. The van der Waals surface area contributed by atoms with Crippen LogP contribution in [0.15, 0.2) is 18.2 Å². The first kappa shape index (κ1) is 12.4. The highest BCUT2D eigenvalue weighted by Gasteiger charge is 2.17. The molecular formula is C15H23NO. The Hall–Kier alpha value is -1.02. The van der Waals surface area contributed by atoms with Gasteiger partial charge in [-0.25, -0.2) is 0 Å². The van der Waals surface area contributed by atoms with E-state index in [1.165, 1.54) is 37.1 Å². The number of hydrogen-bond donors (Lipinski definition) is 0. The number of ether oxygens (including phenoxy) is 1. The number of piperidine rings is 1. The van der Waals surface area contributed by atoms with Crippen LogP contribution >= 0.6 is 0 Å². The Morgan fingerprint density at radius 2 is 1.94 bits per heavy atom. The Kier molecular flexibility index (Phi) is 4.06. The van der Waals surface area contributed by atoms with Gasteiger partial charge in [-0.2, -0.15) is 0 Å². The molecule has 1 aliphatic rings. The van der Waals surface area contributed by atoms with Crippen LogP contribution in [0, 0.1) is 19.8 Å². The Morgan fingerprint density at radius 3 is 2.59 bits per heavy atom. The second-order valence-corrected chi connectivity index (χ2v) is 5.40. The molecule has 1 aromatic rings. The molecule has 2 nitrogen and oxygen atoms in total. The van der Waals surface area contributed by atoms with Crippen molar-refractivity contribution in [2.24, 2.45) is 5.92 Å². The van der Waals surface area contributed by atoms with Crippen LogP contribution in [0.5, 0.6) is 5.75 Å². The van der Waals surface area contributed by atoms with E-state index in [0.29, 0.717) is 5.92 Å². The monoisotopic (exact) mass is 233 g/mol. The third-order valence-corrected chi connectivity index (χ3v) is 3.40. The second-order valence-electron chi connectivity index (χ2n) is 5.40. The first-order valence-corrected chi connectivity index (χ1v) is 6.53. The largest absolute Gasteiger partial charge is 0.493 e. The van der Waals surface area contributed by atoms with Gasteiger partial charge in [0.15, 0.2) is 0 Å². The molecule has 1 unspecified atom stereocenters. The van der Waals surface area contributed by atoms with Crippen LogP contribution in [0.25, 0.3) is 0 Å². The Morgan fingerprint density at radius 1 is 1.24 bits per heavy atom. The Bertz CT molecular complexity index is 355. The van der Waals surface area contributed by atoms with E-state index in [2.05, 4.69) is 44.0 Å². The maximum Gasteiger partial charge on any atom is 0.119 e. The topological polar surface area (TPSA) is 12.5 Å². The van der Waals surface area contributed by atoms with Crippen molar-refractivity contribution in [3.8, 4) is 5.75 Å². The van der Waals surface area contributed by atoms with Crippen LogP contribution in [-0.4, -0.2) is 31.6 Å². The predicted octanol–water partition coefficient (Wildman–Crippen LogP) is 3.02. The molecule has 2 rings (SSSR count). The summed E-state index contributed by atoms with van der Waals surface area (Å²) in [5, 5.41) is 0. The van der Waals surface area contributed by atoms with Gasteiger partial charge < -0.3 is 9.64 Å². The summed E-state index contributed by atoms with van der Waals surface area (Å²) in [6.45, 7) is 7.50. The van der Waals surface area contributed by atoms with Gasteiger partial charge in [0, 0.05) is 12.5 Å². The van der Waals surface area contributed by atoms with Gasteiger partial charge in [-0.3, -0.25) is 0 Å². The molecule has 1 fully saturated rings. The third-order valence-electron chi connectivity index (χ3n) is 3.40. The van der Waals surface area contributed by atoms with Crippen LogP contribution < -0.4 is 4.74 Å². The molecule has 0 N–H and O–H groups in total. The van der Waals surface area contributed by atoms with Crippen molar-refractivity contribution in [1.82, 2.24) is 4.90 Å². The van der Waals surface area contributed by atoms with Crippen molar-refractivity contribution in [1.29, 1.82) is 0 Å². The third kappa shape index (κ3) is 3.74. The summed E-state index contributed by atoms with van der Waals surface area (Å²) in [4.78, 5) is 2.40. The number of rotatable bonds is 3. The van der Waals surface area contributed by atoms with E-state index in [1.54, 1.807) is 0 Å². The quantitative estimate of drug-likeness (QED) is 0.795. The molecule has 1 heterocycles. The van der Waals surface area contributed by atoms with Gasteiger partial charge in [0.2, 0.25) is 0 Å². The van der Waals surface area contributed by atoms with Gasteiger partial charge in [-0.05, 0) is 63.5 Å². The van der Waals surface area contributed by atoms with E-state index in [1.807, 2.05) is 0 Å². The van der Waals surface area contributed by atoms with Crippen LogP contribution in [0.3, 0.4) is 0 Å². The zero-order valence-electron chi connectivity index (χ0n) is 11.2. The molecule has 1 saturated heterocycles. The van der Waals surface area contributed by atoms with Gasteiger partial charge >= 0.3 is 0 Å². The van der Waals surface area contributed by atoms with E-state index in [0.717, 1.165) is 12.4 Å². The molecule has 94 valence electrons. The summed E-state index contributed by atoms with van der Waals surface area (Å²) < 4.78 is 5.93. The van der Waals surface area contributed by atoms with Crippen molar-refractivity contribution >= 4 is 0 Å². The number of hydrogen-bond acceptors (Lipinski definition) is 2. The maximum absolute atomic E-state index is 5.93. The zero-order valence-corrected chi connectivity index (χ0v) is 11.2. The lowest BCUT2D eigenvalue weighted by Gasteiger charge is -2.29. The van der Waals surface area contributed by atoms with Crippen LogP contribution in [0.4, 0.5) is 0 Å². The highest BCUT2D eigenvalue weighted by molar-refractivity contribution is 5.32. The fraction of sp³-hybridized carbons (Fsp3) is 0.600. The first-order valence-electron chi connectivity index (χ1n) is 6.53. The minimum atomic E-state index is 0.689. The van der Waals surface area contributed by atoms with Crippen LogP contribution in [0.1, 0.15) is 24.0 Å². The van der Waals surface area contributed by atoms with Gasteiger partial charge in [0.05, 0.1) is 6.61 Å². The van der Waals surface area contributed by atoms with E-state index < -0.39 is 0 Å². The van der Waals surface area contributed by atoms with Crippen molar-refractivity contribution < 1.29 is 4.74 Å². The molecule has 1 aromatic carbocycles. The first-order chi connectivity index (χ1) is 8.13. The van der Waals surface area contributed by atoms with Crippen LogP contribution in [0.2, 0.25) is 0 Å². The molecular weight excluding hydrogens is 210 g/mol. The summed E-state index contributed by atoms with van der Waals surface area (Å²) in [6.07, 6.45) is 2.60. The molecule has 1 aliphatic heterocycles. The summed E-state index contributed by atoms with van der Waals surface area (Å²) in [6, 6.07) is 6.43. The van der Waals surface area contributed by atoms with Gasteiger partial charge in [-0.15, -0.1) is 0 Å². The maximum atomic E-state index is 5.93.